The summed E-state index contributed by atoms with van der Waals surface area (Å²) in [6.45, 7) is 6.93. The van der Waals surface area contributed by atoms with E-state index >= 15 is 0 Å². The summed E-state index contributed by atoms with van der Waals surface area (Å²) in [6.07, 6.45) is 6.72. The summed E-state index contributed by atoms with van der Waals surface area (Å²) in [5, 5.41) is 0. The number of hydrogen-bond donors (Lipinski definition) is 0. The molecule has 2 fully saturated rings. The van der Waals surface area contributed by atoms with E-state index in [1.165, 1.54) is 18.4 Å². The molecule has 0 saturated carbocycles. The van der Waals surface area contributed by atoms with Gasteiger partial charge in [-0.3, -0.25) is 19.4 Å². The van der Waals surface area contributed by atoms with Crippen LogP contribution in [-0.4, -0.2) is 92.5 Å². The summed E-state index contributed by atoms with van der Waals surface area (Å²) < 4.78 is 5.34. The number of anilines is 1. The summed E-state index contributed by atoms with van der Waals surface area (Å²) in [5.74, 6) is 1.28. The Kier molecular flexibility index (Phi) is 7.45. The number of carbonyl (C=O) groups is 2. The van der Waals surface area contributed by atoms with Crippen molar-refractivity contribution in [2.24, 2.45) is 0 Å². The smallest absolute Gasteiger partial charge is 0.241 e. The van der Waals surface area contributed by atoms with Gasteiger partial charge < -0.3 is 14.5 Å². The molecule has 0 radical (unpaired) electrons. The van der Waals surface area contributed by atoms with Crippen molar-refractivity contribution < 1.29 is 14.3 Å². The lowest BCUT2D eigenvalue weighted by atomic mass is 10.0. The summed E-state index contributed by atoms with van der Waals surface area (Å²) in [4.78, 5) is 34.2. The fourth-order valence-electron chi connectivity index (χ4n) is 4.95. The molecule has 3 aliphatic heterocycles. The maximum absolute atomic E-state index is 13.1. The van der Waals surface area contributed by atoms with Crippen molar-refractivity contribution in [2.45, 2.75) is 38.5 Å². The van der Waals surface area contributed by atoms with Crippen molar-refractivity contribution in [3.8, 4) is 5.75 Å². The summed E-state index contributed by atoms with van der Waals surface area (Å²) >= 11 is 0. The highest BCUT2D eigenvalue weighted by atomic mass is 16.5. The van der Waals surface area contributed by atoms with Gasteiger partial charge in [0.05, 0.1) is 20.2 Å². The second kappa shape index (κ2) is 10.5. The molecule has 2 saturated heterocycles. The quantitative estimate of drug-likeness (QED) is 0.718. The lowest BCUT2D eigenvalue weighted by molar-refractivity contribution is -0.133. The second-order valence-electron chi connectivity index (χ2n) is 8.99. The molecule has 0 aliphatic carbocycles. The Labute approximate surface area is 185 Å². The molecule has 1 aromatic carbocycles. The van der Waals surface area contributed by atoms with Crippen molar-refractivity contribution in [1.29, 1.82) is 0 Å². The largest absolute Gasteiger partial charge is 0.497 e. The van der Waals surface area contributed by atoms with Crippen LogP contribution in [0.1, 0.15) is 37.7 Å². The molecule has 31 heavy (non-hydrogen) atoms. The number of carbonyl (C=O) groups excluding carboxylic acids is 2. The van der Waals surface area contributed by atoms with Gasteiger partial charge in [-0.15, -0.1) is 0 Å². The van der Waals surface area contributed by atoms with E-state index in [-0.39, 0.29) is 11.8 Å². The van der Waals surface area contributed by atoms with Crippen molar-refractivity contribution in [1.82, 2.24) is 14.7 Å². The number of likely N-dealkylation sites (tertiary alicyclic amines) is 1. The van der Waals surface area contributed by atoms with E-state index < -0.39 is 0 Å². The first-order chi connectivity index (χ1) is 15.1. The average molecular weight is 429 g/mol. The lowest BCUT2D eigenvalue weighted by Gasteiger charge is -2.36. The van der Waals surface area contributed by atoms with Gasteiger partial charge in [0.25, 0.3) is 0 Å². The second-order valence-corrected chi connectivity index (χ2v) is 8.99. The van der Waals surface area contributed by atoms with E-state index in [9.17, 15) is 9.59 Å². The minimum Gasteiger partial charge on any atom is -0.497 e. The minimum absolute atomic E-state index is 0.167. The van der Waals surface area contributed by atoms with Crippen molar-refractivity contribution in [2.75, 3.05) is 70.9 Å². The van der Waals surface area contributed by atoms with Gasteiger partial charge in [0.15, 0.2) is 0 Å². The van der Waals surface area contributed by atoms with Gasteiger partial charge >= 0.3 is 0 Å². The van der Waals surface area contributed by atoms with Crippen LogP contribution < -0.4 is 9.64 Å². The van der Waals surface area contributed by atoms with Crippen LogP contribution in [0.5, 0.6) is 5.75 Å². The van der Waals surface area contributed by atoms with Crippen LogP contribution in [0.15, 0.2) is 18.2 Å². The van der Waals surface area contributed by atoms with Gasteiger partial charge in [-0.05, 0) is 49.4 Å². The van der Waals surface area contributed by atoms with Gasteiger partial charge in [-0.25, -0.2) is 0 Å². The normalized spacial score (nSPS) is 20.8. The zero-order valence-electron chi connectivity index (χ0n) is 18.9. The Hall–Kier alpha value is -2.12. The zero-order chi connectivity index (χ0) is 21.6. The Bertz CT molecular complexity index is 768. The van der Waals surface area contributed by atoms with E-state index in [0.717, 1.165) is 82.9 Å². The minimum atomic E-state index is 0.167. The first-order valence-corrected chi connectivity index (χ1v) is 11.8. The Morgan fingerprint density at radius 1 is 0.806 bits per heavy atom. The number of ether oxygens (including phenoxy) is 1. The molecule has 0 spiro atoms. The van der Waals surface area contributed by atoms with Crippen molar-refractivity contribution in [3.63, 3.8) is 0 Å². The number of aryl methyl sites for hydroxylation is 1. The number of benzene rings is 1. The Morgan fingerprint density at radius 2 is 1.45 bits per heavy atom. The number of methoxy groups -OCH3 is 1. The van der Waals surface area contributed by atoms with E-state index in [4.69, 9.17) is 4.74 Å². The molecule has 7 nitrogen and oxygen atoms in total. The number of rotatable bonds is 5. The molecule has 1 aromatic rings. The topological polar surface area (TPSA) is 56.3 Å². The number of amides is 2. The molecule has 7 heteroatoms. The molecular weight excluding hydrogens is 392 g/mol. The zero-order valence-corrected chi connectivity index (χ0v) is 18.9. The maximum atomic E-state index is 13.1. The maximum Gasteiger partial charge on any atom is 0.241 e. The van der Waals surface area contributed by atoms with Gasteiger partial charge in [0, 0.05) is 51.5 Å². The van der Waals surface area contributed by atoms with E-state index in [2.05, 4.69) is 15.9 Å². The van der Waals surface area contributed by atoms with Crippen molar-refractivity contribution >= 4 is 17.5 Å². The average Bonchev–Trinajstić information content (AvgIpc) is 3.09. The van der Waals surface area contributed by atoms with Gasteiger partial charge in [0.1, 0.15) is 5.75 Å². The molecular formula is C24H36N4O3. The highest BCUT2D eigenvalue weighted by Gasteiger charge is 2.27. The van der Waals surface area contributed by atoms with Crippen LogP contribution in [0.3, 0.4) is 0 Å². The van der Waals surface area contributed by atoms with Gasteiger partial charge in [0.2, 0.25) is 11.8 Å². The molecule has 3 aliphatic rings. The van der Waals surface area contributed by atoms with E-state index in [1.54, 1.807) is 7.11 Å². The van der Waals surface area contributed by atoms with Crippen LogP contribution in [-0.2, 0) is 16.0 Å². The molecule has 0 aromatic heterocycles. The Balaban J connectivity index is 1.26. The third-order valence-electron chi connectivity index (χ3n) is 6.85. The molecule has 0 bridgehead atoms. The van der Waals surface area contributed by atoms with E-state index in [0.29, 0.717) is 13.1 Å². The number of nitrogens with zero attached hydrogens (tertiary/aromatic N) is 4. The highest BCUT2D eigenvalue weighted by molar-refractivity contribution is 5.96. The monoisotopic (exact) mass is 428 g/mol. The number of hydrogen-bond acceptors (Lipinski definition) is 5. The predicted octanol–water partition coefficient (Wildman–Crippen LogP) is 1.99. The SMILES string of the molecule is COc1ccc2c(c1)CCCN2C(=O)CN1CCN(CC(=O)N2CCCCCC2)CC1. The van der Waals surface area contributed by atoms with Gasteiger partial charge in [-0.1, -0.05) is 12.8 Å². The lowest BCUT2D eigenvalue weighted by Crippen LogP contribution is -2.52. The standard InChI is InChI=1S/C24H36N4O3/c1-31-21-8-9-22-20(17-21)7-6-12-28(22)24(30)19-26-15-13-25(14-16-26)18-23(29)27-10-4-2-3-5-11-27/h8-9,17H,2-7,10-16,18-19H2,1H3. The van der Waals surface area contributed by atoms with Crippen molar-refractivity contribution in [3.05, 3.63) is 23.8 Å². The fraction of sp³-hybridized carbons (Fsp3) is 0.667. The van der Waals surface area contributed by atoms with Crippen LogP contribution in [0.4, 0.5) is 5.69 Å². The third kappa shape index (κ3) is 5.57. The first kappa shape index (κ1) is 22.1. The molecule has 4 rings (SSSR count). The predicted molar refractivity (Wildman–Crippen MR) is 122 cm³/mol. The first-order valence-electron chi connectivity index (χ1n) is 11.8. The van der Waals surface area contributed by atoms with Crippen LogP contribution in [0.2, 0.25) is 0 Å². The fourth-order valence-corrected chi connectivity index (χ4v) is 4.95. The molecule has 0 N–H and O–H groups in total. The third-order valence-corrected chi connectivity index (χ3v) is 6.85. The molecule has 0 atom stereocenters. The van der Waals surface area contributed by atoms with E-state index in [1.807, 2.05) is 21.9 Å². The molecule has 3 heterocycles. The van der Waals surface area contributed by atoms with Gasteiger partial charge in [-0.2, -0.15) is 0 Å². The molecule has 170 valence electrons. The van der Waals surface area contributed by atoms with Crippen LogP contribution in [0.25, 0.3) is 0 Å². The number of fused-ring (bicyclic) bond motifs is 1. The summed E-state index contributed by atoms with van der Waals surface area (Å²) in [7, 11) is 1.68. The highest BCUT2D eigenvalue weighted by Crippen LogP contribution is 2.30. The Morgan fingerprint density at radius 3 is 2.10 bits per heavy atom. The van der Waals surface area contributed by atoms with Crippen LogP contribution >= 0.6 is 0 Å². The molecule has 0 unspecified atom stereocenters. The van der Waals surface area contributed by atoms with Crippen LogP contribution in [0, 0.1) is 0 Å². The summed E-state index contributed by atoms with van der Waals surface area (Å²) in [5.41, 5.74) is 2.22. The molecule has 2 amide bonds. The summed E-state index contributed by atoms with van der Waals surface area (Å²) in [6, 6.07) is 6.00. The number of piperazine rings is 1.